The van der Waals surface area contributed by atoms with Crippen LogP contribution in [0.2, 0.25) is 0 Å². The number of carbonyl (C=O) groups excluding carboxylic acids is 1. The Morgan fingerprint density at radius 1 is 1.15 bits per heavy atom. The molecule has 0 spiro atoms. The third-order valence-corrected chi connectivity index (χ3v) is 4.86. The van der Waals surface area contributed by atoms with E-state index in [-0.39, 0.29) is 23.3 Å². The lowest BCUT2D eigenvalue weighted by Crippen LogP contribution is -2.14. The number of nitrogens with one attached hydrogen (secondary N) is 1. The summed E-state index contributed by atoms with van der Waals surface area (Å²) in [5, 5.41) is 0. The molecule has 1 N–H and O–H groups in total. The minimum absolute atomic E-state index is 0.0753. The number of ketones is 1. The van der Waals surface area contributed by atoms with Crippen LogP contribution in [0, 0.1) is 5.92 Å². The van der Waals surface area contributed by atoms with E-state index in [9.17, 15) is 13.6 Å². The van der Waals surface area contributed by atoms with Gasteiger partial charge in [-0.3, -0.25) is 4.79 Å². The van der Waals surface area contributed by atoms with Gasteiger partial charge >= 0.3 is 0 Å². The number of hydrogen-bond donors (Lipinski definition) is 1. The minimum atomic E-state index is -0.641. The molecule has 144 valence electrons. The highest BCUT2D eigenvalue weighted by atomic mass is 19.1. The van der Waals surface area contributed by atoms with Gasteiger partial charge in [0.15, 0.2) is 0 Å². The molecule has 0 amide bonds. The van der Waals surface area contributed by atoms with Gasteiger partial charge in [-0.05, 0) is 25.0 Å². The Morgan fingerprint density at radius 3 is 2.70 bits per heavy atom. The second-order valence-electron chi connectivity index (χ2n) is 6.83. The second-order valence-corrected chi connectivity index (χ2v) is 6.83. The van der Waals surface area contributed by atoms with Crippen molar-refractivity contribution < 1.29 is 18.0 Å². The minimum Gasteiger partial charge on any atom is -0.442 e. The summed E-state index contributed by atoms with van der Waals surface area (Å²) in [6, 6.07) is 0. The van der Waals surface area contributed by atoms with Crippen molar-refractivity contribution in [2.75, 3.05) is 0 Å². The Kier molecular flexibility index (Phi) is 6.32. The van der Waals surface area contributed by atoms with Crippen LogP contribution in [0.25, 0.3) is 0 Å². The van der Waals surface area contributed by atoms with Gasteiger partial charge in [-0.15, -0.1) is 0 Å². The van der Waals surface area contributed by atoms with Gasteiger partial charge in [0.1, 0.15) is 23.7 Å². The first-order valence-corrected chi connectivity index (χ1v) is 9.25. The van der Waals surface area contributed by atoms with Gasteiger partial charge in [0.05, 0.1) is 12.1 Å². The van der Waals surface area contributed by atoms with E-state index in [4.69, 9.17) is 4.42 Å². The highest BCUT2D eigenvalue weighted by molar-refractivity contribution is 5.91. The van der Waals surface area contributed by atoms with Crippen molar-refractivity contribution in [1.29, 1.82) is 0 Å². The van der Waals surface area contributed by atoms with Crippen LogP contribution in [0.3, 0.4) is 0 Å². The number of Topliss-reactive ketones (excluding diaryl/α,β-unsaturated/α-hetero) is 1. The van der Waals surface area contributed by atoms with Gasteiger partial charge in [-0.1, -0.05) is 19.8 Å². The fourth-order valence-corrected chi connectivity index (χ4v) is 3.29. The molecular weight excluding hydrogens is 352 g/mol. The first-order chi connectivity index (χ1) is 13.1. The van der Waals surface area contributed by atoms with Crippen LogP contribution in [-0.2, 0) is 6.42 Å². The number of unbranched alkanes of at least 4 members (excludes halogenated alkanes) is 3. The number of H-pyrrole nitrogens is 1. The van der Waals surface area contributed by atoms with E-state index < -0.39 is 11.8 Å². The average Bonchev–Trinajstić information content (AvgIpc) is 3.33. The van der Waals surface area contributed by atoms with E-state index in [0.717, 1.165) is 37.9 Å². The fraction of sp³-hybridized carbons (Fsp3) is 0.450. The molecule has 5 nitrogen and oxygen atoms in total. The molecule has 1 aliphatic rings. The monoisotopic (exact) mass is 375 g/mol. The topological polar surface area (TPSA) is 71.8 Å². The van der Waals surface area contributed by atoms with Crippen LogP contribution in [0.15, 0.2) is 46.9 Å². The van der Waals surface area contributed by atoms with Crippen LogP contribution < -0.4 is 0 Å². The third-order valence-electron chi connectivity index (χ3n) is 4.86. The van der Waals surface area contributed by atoms with Crippen molar-refractivity contribution in [3.05, 3.63) is 59.9 Å². The van der Waals surface area contributed by atoms with Crippen molar-refractivity contribution in [1.82, 2.24) is 15.0 Å². The molecule has 3 rings (SSSR count). The lowest BCUT2D eigenvalue weighted by Gasteiger charge is -2.22. The maximum absolute atomic E-state index is 14.1. The number of carbonyl (C=O) groups is 1. The predicted octanol–water partition coefficient (Wildman–Crippen LogP) is 5.21. The van der Waals surface area contributed by atoms with Gasteiger partial charge < -0.3 is 9.40 Å². The van der Waals surface area contributed by atoms with Crippen LogP contribution in [0.5, 0.6) is 0 Å². The number of aromatic amines is 1. The summed E-state index contributed by atoms with van der Waals surface area (Å²) >= 11 is 0. The standard InChI is InChI=1S/C20H23F2N3O2/c1-13-14(21)8-9-15(22)19(13)16-12-24-18(25-16)7-5-3-2-4-6-17(26)20-23-10-11-27-20/h8-13,19H,2-7H2,1H3,(H,24,25). The molecule has 0 radical (unpaired) electrons. The molecule has 1 aliphatic carbocycles. The van der Waals surface area contributed by atoms with Crippen molar-refractivity contribution in [3.8, 4) is 0 Å². The number of oxazole rings is 1. The third kappa shape index (κ3) is 4.78. The quantitative estimate of drug-likeness (QED) is 0.482. The summed E-state index contributed by atoms with van der Waals surface area (Å²) in [6.07, 6.45) is 11.6. The lowest BCUT2D eigenvalue weighted by molar-refractivity contribution is 0.0945. The predicted molar refractivity (Wildman–Crippen MR) is 96.5 cm³/mol. The van der Waals surface area contributed by atoms with E-state index in [1.165, 1.54) is 24.6 Å². The maximum Gasteiger partial charge on any atom is 0.263 e. The van der Waals surface area contributed by atoms with Crippen molar-refractivity contribution >= 4 is 5.78 Å². The molecule has 7 heteroatoms. The van der Waals surface area contributed by atoms with Crippen LogP contribution in [-0.4, -0.2) is 20.7 Å². The SMILES string of the molecule is CC1C(F)=CC=C(F)C1c1cnc(CCCCCCC(=O)c2ncco2)[nH]1. The highest BCUT2D eigenvalue weighted by Gasteiger charge is 2.30. The summed E-state index contributed by atoms with van der Waals surface area (Å²) in [5.41, 5.74) is 0.603. The highest BCUT2D eigenvalue weighted by Crippen LogP contribution is 2.39. The van der Waals surface area contributed by atoms with Gasteiger partial charge in [0.25, 0.3) is 5.89 Å². The van der Waals surface area contributed by atoms with Crippen LogP contribution in [0.4, 0.5) is 8.78 Å². The Morgan fingerprint density at radius 2 is 1.93 bits per heavy atom. The molecule has 0 fully saturated rings. The Hall–Kier alpha value is -2.57. The normalized spacial score (nSPS) is 19.7. The van der Waals surface area contributed by atoms with Gasteiger partial charge in [0.2, 0.25) is 5.78 Å². The van der Waals surface area contributed by atoms with Crippen molar-refractivity contribution in [2.24, 2.45) is 5.92 Å². The summed E-state index contributed by atoms with van der Waals surface area (Å²) in [7, 11) is 0. The number of halogens is 2. The molecule has 0 saturated carbocycles. The molecule has 0 aliphatic heterocycles. The van der Waals surface area contributed by atoms with E-state index in [2.05, 4.69) is 15.0 Å². The van der Waals surface area contributed by atoms with E-state index in [1.54, 1.807) is 13.1 Å². The number of aryl methyl sites for hydroxylation is 1. The van der Waals surface area contributed by atoms with Crippen LogP contribution >= 0.6 is 0 Å². The first kappa shape index (κ1) is 19.2. The van der Waals surface area contributed by atoms with Gasteiger partial charge in [-0.25, -0.2) is 18.7 Å². The largest absolute Gasteiger partial charge is 0.442 e. The number of nitrogens with zero attached hydrogens (tertiary/aromatic N) is 2. The molecule has 0 aromatic carbocycles. The van der Waals surface area contributed by atoms with E-state index in [1.807, 2.05) is 0 Å². The Balaban J connectivity index is 1.39. The molecule has 0 bridgehead atoms. The number of hydrogen-bond acceptors (Lipinski definition) is 4. The molecule has 2 aromatic heterocycles. The number of imidazole rings is 1. The molecule has 0 saturated heterocycles. The lowest BCUT2D eigenvalue weighted by atomic mass is 9.86. The molecule has 27 heavy (non-hydrogen) atoms. The van der Waals surface area contributed by atoms with Gasteiger partial charge in [-0.2, -0.15) is 0 Å². The molecule has 2 atom stereocenters. The number of rotatable bonds is 9. The summed E-state index contributed by atoms with van der Waals surface area (Å²) in [4.78, 5) is 23.0. The van der Waals surface area contributed by atoms with Crippen LogP contribution in [0.1, 0.15) is 67.1 Å². The van der Waals surface area contributed by atoms with Crippen molar-refractivity contribution in [2.45, 2.75) is 51.4 Å². The molecule has 2 unspecified atom stereocenters. The number of aromatic nitrogens is 3. The maximum atomic E-state index is 14.1. The van der Waals surface area contributed by atoms with Gasteiger partial charge in [0, 0.05) is 30.7 Å². The van der Waals surface area contributed by atoms with Crippen molar-refractivity contribution in [3.63, 3.8) is 0 Å². The fourth-order valence-electron chi connectivity index (χ4n) is 3.29. The Labute approximate surface area is 156 Å². The smallest absolute Gasteiger partial charge is 0.263 e. The zero-order valence-electron chi connectivity index (χ0n) is 15.3. The number of allylic oxidation sites excluding steroid dienone is 4. The molecule has 2 aromatic rings. The molecule has 2 heterocycles. The molecular formula is C20H23F2N3O2. The Bertz CT molecular complexity index is 824. The zero-order chi connectivity index (χ0) is 19.2. The van der Waals surface area contributed by atoms with E-state index in [0.29, 0.717) is 12.1 Å². The zero-order valence-corrected chi connectivity index (χ0v) is 15.3. The average molecular weight is 375 g/mol. The first-order valence-electron chi connectivity index (χ1n) is 9.25. The van der Waals surface area contributed by atoms with E-state index >= 15 is 0 Å². The summed E-state index contributed by atoms with van der Waals surface area (Å²) in [5.74, 6) is -0.985. The second kappa shape index (κ2) is 8.88. The summed E-state index contributed by atoms with van der Waals surface area (Å²) < 4.78 is 32.8. The summed E-state index contributed by atoms with van der Waals surface area (Å²) in [6.45, 7) is 1.67.